The molecule has 0 atom stereocenters. The van der Waals surface area contributed by atoms with Gasteiger partial charge in [-0.15, -0.1) is 0 Å². The summed E-state index contributed by atoms with van der Waals surface area (Å²) < 4.78 is 0. The summed E-state index contributed by atoms with van der Waals surface area (Å²) in [5.41, 5.74) is 3.93. The Morgan fingerprint density at radius 2 is 2.64 bits per heavy atom. The van der Waals surface area contributed by atoms with E-state index >= 15 is 0 Å². The monoisotopic (exact) mass is 153 g/mol. The number of allylic oxidation sites excluding steroid dienone is 1. The molecule has 11 heavy (non-hydrogen) atoms. The van der Waals surface area contributed by atoms with Crippen molar-refractivity contribution >= 4 is 12.1 Å². The van der Waals surface area contributed by atoms with Crippen LogP contribution in [0, 0.1) is 0 Å². The van der Waals surface area contributed by atoms with Gasteiger partial charge in [-0.3, -0.25) is 10.4 Å². The molecule has 0 radical (unpaired) electrons. The molecule has 1 aliphatic heterocycles. The zero-order chi connectivity index (χ0) is 8.10. The molecule has 0 aromatic heterocycles. The molecule has 62 valence electrons. The van der Waals surface area contributed by atoms with Crippen molar-refractivity contribution in [3.63, 3.8) is 0 Å². The van der Waals surface area contributed by atoms with Crippen molar-refractivity contribution in [2.45, 2.75) is 20.3 Å². The average molecular weight is 153 g/mol. The van der Waals surface area contributed by atoms with E-state index in [0.717, 1.165) is 24.4 Å². The molecule has 1 rings (SSSR count). The molecule has 0 saturated heterocycles. The Bertz CT molecular complexity index is 218. The highest BCUT2D eigenvalue weighted by atomic mass is 15.3. The number of nitrogens with zero attached hydrogens (tertiary/aromatic N) is 2. The Kier molecular flexibility index (Phi) is 2.83. The maximum Gasteiger partial charge on any atom is 0.150 e. The fourth-order valence-corrected chi connectivity index (χ4v) is 0.850. The predicted octanol–water partition coefficient (Wildman–Crippen LogP) is 1.58. The van der Waals surface area contributed by atoms with Gasteiger partial charge in [-0.05, 0) is 13.3 Å². The minimum atomic E-state index is 0. The van der Waals surface area contributed by atoms with Crippen molar-refractivity contribution in [2.24, 2.45) is 10.1 Å². The van der Waals surface area contributed by atoms with Gasteiger partial charge < -0.3 is 0 Å². The summed E-state index contributed by atoms with van der Waals surface area (Å²) >= 11 is 0. The van der Waals surface area contributed by atoms with Crippen molar-refractivity contribution in [3.8, 4) is 0 Å². The van der Waals surface area contributed by atoms with Crippen LogP contribution in [0.25, 0.3) is 0 Å². The number of hydrogen-bond donors (Lipinski definition) is 1. The molecule has 1 aliphatic rings. The molecule has 0 fully saturated rings. The van der Waals surface area contributed by atoms with E-state index in [1.165, 1.54) is 0 Å². The quantitative estimate of drug-likeness (QED) is 0.642. The second-order valence-electron chi connectivity index (χ2n) is 2.34. The highest BCUT2D eigenvalue weighted by Crippen LogP contribution is 1.99. The maximum atomic E-state index is 4.31. The lowest BCUT2D eigenvalue weighted by Crippen LogP contribution is -2.13. The van der Waals surface area contributed by atoms with Crippen molar-refractivity contribution < 1.29 is 1.43 Å². The third kappa shape index (κ3) is 1.90. The number of nitrogens with one attached hydrogen (secondary N) is 1. The first kappa shape index (κ1) is 7.98. The highest BCUT2D eigenvalue weighted by molar-refractivity contribution is 6.17. The fourth-order valence-electron chi connectivity index (χ4n) is 0.850. The lowest BCUT2D eigenvalue weighted by atomic mass is 10.2. The van der Waals surface area contributed by atoms with Gasteiger partial charge in [-0.25, -0.2) is 0 Å². The summed E-state index contributed by atoms with van der Waals surface area (Å²) in [4.78, 5) is 4.31. The van der Waals surface area contributed by atoms with Gasteiger partial charge >= 0.3 is 0 Å². The van der Waals surface area contributed by atoms with Crippen molar-refractivity contribution in [3.05, 3.63) is 11.6 Å². The van der Waals surface area contributed by atoms with E-state index in [1.54, 1.807) is 6.21 Å². The Labute approximate surface area is 68.4 Å². The van der Waals surface area contributed by atoms with Gasteiger partial charge in [0.05, 0.1) is 6.21 Å². The molecule has 1 heterocycles. The summed E-state index contributed by atoms with van der Waals surface area (Å²) in [5, 5.41) is 3.90. The number of amidine groups is 1. The van der Waals surface area contributed by atoms with Crippen LogP contribution < -0.4 is 5.43 Å². The van der Waals surface area contributed by atoms with E-state index in [2.05, 4.69) is 22.4 Å². The van der Waals surface area contributed by atoms with E-state index in [0.29, 0.717) is 0 Å². The first-order valence-electron chi connectivity index (χ1n) is 3.88. The molecule has 0 amide bonds. The lowest BCUT2D eigenvalue weighted by Gasteiger charge is -1.96. The average Bonchev–Trinajstić information content (AvgIpc) is 2.47. The first-order chi connectivity index (χ1) is 5.38. The van der Waals surface area contributed by atoms with Gasteiger partial charge in [0.2, 0.25) is 0 Å². The smallest absolute Gasteiger partial charge is 0.150 e. The molecule has 0 saturated carbocycles. The Hall–Kier alpha value is -1.12. The molecule has 0 bridgehead atoms. The normalized spacial score (nSPS) is 23.1. The van der Waals surface area contributed by atoms with Gasteiger partial charge in [0.1, 0.15) is 5.84 Å². The highest BCUT2D eigenvalue weighted by Gasteiger charge is 2.07. The Morgan fingerprint density at radius 1 is 1.82 bits per heavy atom. The third-order valence-corrected chi connectivity index (χ3v) is 1.45. The van der Waals surface area contributed by atoms with E-state index in [-0.39, 0.29) is 1.43 Å². The summed E-state index contributed by atoms with van der Waals surface area (Å²) in [6.07, 6.45) is 4.86. The van der Waals surface area contributed by atoms with Gasteiger partial charge in [0.25, 0.3) is 0 Å². The summed E-state index contributed by atoms with van der Waals surface area (Å²) in [7, 11) is 0. The standard InChI is InChI=1S/C8H13N3.H2/c1-3-5-9-8-7(4-2)6-10-11-8;/h4,6H,3,5H2,1-2H3,(H,9,11);1H/b7-4-;. The number of rotatable bonds is 2. The van der Waals surface area contributed by atoms with Gasteiger partial charge in [0, 0.05) is 13.5 Å². The van der Waals surface area contributed by atoms with Crippen molar-refractivity contribution in [1.29, 1.82) is 0 Å². The van der Waals surface area contributed by atoms with Gasteiger partial charge in [-0.2, -0.15) is 5.10 Å². The van der Waals surface area contributed by atoms with Crippen LogP contribution in [-0.2, 0) is 0 Å². The SMILES string of the molecule is C/C=C1/C=NNC1=NCCC.[HH]. The van der Waals surface area contributed by atoms with Crippen LogP contribution >= 0.6 is 0 Å². The van der Waals surface area contributed by atoms with E-state index in [4.69, 9.17) is 0 Å². The molecular weight excluding hydrogens is 138 g/mol. The molecule has 0 aromatic carbocycles. The zero-order valence-corrected chi connectivity index (χ0v) is 6.96. The summed E-state index contributed by atoms with van der Waals surface area (Å²) in [6, 6.07) is 0. The summed E-state index contributed by atoms with van der Waals surface area (Å²) in [6.45, 7) is 4.95. The van der Waals surface area contributed by atoms with E-state index < -0.39 is 0 Å². The van der Waals surface area contributed by atoms with Gasteiger partial charge in [0.15, 0.2) is 0 Å². The van der Waals surface area contributed by atoms with Crippen molar-refractivity contribution in [1.82, 2.24) is 5.43 Å². The first-order valence-corrected chi connectivity index (χ1v) is 3.88. The Morgan fingerprint density at radius 3 is 3.27 bits per heavy atom. The Balaban J connectivity index is 0.00000121. The van der Waals surface area contributed by atoms with Crippen LogP contribution in [0.5, 0.6) is 0 Å². The van der Waals surface area contributed by atoms with Crippen LogP contribution in [0.1, 0.15) is 21.7 Å². The second kappa shape index (κ2) is 3.91. The van der Waals surface area contributed by atoms with E-state index in [1.807, 2.05) is 13.0 Å². The summed E-state index contributed by atoms with van der Waals surface area (Å²) in [5.74, 6) is 0.898. The van der Waals surface area contributed by atoms with E-state index in [9.17, 15) is 0 Å². The molecule has 3 nitrogen and oxygen atoms in total. The third-order valence-electron chi connectivity index (χ3n) is 1.45. The van der Waals surface area contributed by atoms with Crippen LogP contribution in [0.2, 0.25) is 0 Å². The molecule has 0 unspecified atom stereocenters. The predicted molar refractivity (Wildman–Crippen MR) is 50.1 cm³/mol. The molecule has 0 aliphatic carbocycles. The minimum Gasteiger partial charge on any atom is -0.267 e. The number of hydrazone groups is 1. The van der Waals surface area contributed by atoms with Crippen LogP contribution in [0.3, 0.4) is 0 Å². The van der Waals surface area contributed by atoms with Crippen LogP contribution in [0.4, 0.5) is 0 Å². The number of hydrogen-bond acceptors (Lipinski definition) is 2. The molecule has 1 N–H and O–H groups in total. The largest absolute Gasteiger partial charge is 0.267 e. The topological polar surface area (TPSA) is 36.8 Å². The molecule has 0 aromatic rings. The minimum absolute atomic E-state index is 0. The fraction of sp³-hybridized carbons (Fsp3) is 0.500. The molecular formula is C8H15N3. The zero-order valence-electron chi connectivity index (χ0n) is 6.96. The molecule has 3 heteroatoms. The molecule has 0 spiro atoms. The maximum absolute atomic E-state index is 4.31. The second-order valence-corrected chi connectivity index (χ2v) is 2.34. The van der Waals surface area contributed by atoms with Crippen molar-refractivity contribution in [2.75, 3.05) is 6.54 Å². The number of aliphatic imine (C=N–C) groups is 1. The van der Waals surface area contributed by atoms with Gasteiger partial charge in [-0.1, -0.05) is 13.0 Å². The van der Waals surface area contributed by atoms with Crippen LogP contribution in [0.15, 0.2) is 21.7 Å². The lowest BCUT2D eigenvalue weighted by molar-refractivity contribution is 0.915. The van der Waals surface area contributed by atoms with Crippen LogP contribution in [-0.4, -0.2) is 18.6 Å².